The van der Waals surface area contributed by atoms with Crippen molar-refractivity contribution in [3.63, 3.8) is 0 Å². The fourth-order valence-electron chi connectivity index (χ4n) is 3.59. The number of carbonyl (C=O) groups is 1. The number of para-hydroxylation sites is 1. The first-order valence-electron chi connectivity index (χ1n) is 9.37. The van der Waals surface area contributed by atoms with Gasteiger partial charge in [0.05, 0.1) is 6.04 Å². The van der Waals surface area contributed by atoms with Crippen LogP contribution in [-0.4, -0.2) is 22.3 Å². The Balaban J connectivity index is 1.65. The van der Waals surface area contributed by atoms with Gasteiger partial charge in [0.25, 0.3) is 5.91 Å². The van der Waals surface area contributed by atoms with E-state index >= 15 is 0 Å². The van der Waals surface area contributed by atoms with E-state index in [0.29, 0.717) is 5.88 Å². The van der Waals surface area contributed by atoms with E-state index < -0.39 is 0 Å². The summed E-state index contributed by atoms with van der Waals surface area (Å²) in [4.78, 5) is 19.5. The Labute approximate surface area is 159 Å². The van der Waals surface area contributed by atoms with Gasteiger partial charge in [0.2, 0.25) is 5.88 Å². The average Bonchev–Trinajstić information content (AvgIpc) is 2.75. The third-order valence-electron chi connectivity index (χ3n) is 4.90. The summed E-state index contributed by atoms with van der Waals surface area (Å²) < 4.78 is 6.05. The maximum Gasteiger partial charge on any atom is 0.254 e. The topological polar surface area (TPSA) is 42.4 Å². The second kappa shape index (κ2) is 8.04. The van der Waals surface area contributed by atoms with Crippen LogP contribution in [0.2, 0.25) is 0 Å². The number of rotatable bonds is 4. The van der Waals surface area contributed by atoms with Gasteiger partial charge < -0.3 is 9.64 Å². The van der Waals surface area contributed by atoms with Crippen LogP contribution in [-0.2, 0) is 0 Å². The number of hydrogen-bond acceptors (Lipinski definition) is 3. The summed E-state index contributed by atoms with van der Waals surface area (Å²) in [5.41, 5.74) is 1.68. The molecule has 0 aliphatic carbocycles. The van der Waals surface area contributed by atoms with Gasteiger partial charge in [-0.1, -0.05) is 42.5 Å². The van der Waals surface area contributed by atoms with E-state index in [9.17, 15) is 4.79 Å². The number of piperidine rings is 1. The normalized spacial score (nSPS) is 16.7. The van der Waals surface area contributed by atoms with Gasteiger partial charge in [-0.15, -0.1) is 0 Å². The van der Waals surface area contributed by atoms with Crippen LogP contribution in [0.4, 0.5) is 0 Å². The second-order valence-corrected chi connectivity index (χ2v) is 6.69. The zero-order valence-electron chi connectivity index (χ0n) is 15.1. The molecule has 3 aromatic rings. The zero-order valence-corrected chi connectivity index (χ0v) is 15.1. The van der Waals surface area contributed by atoms with E-state index in [2.05, 4.69) is 4.98 Å². The molecule has 27 heavy (non-hydrogen) atoms. The van der Waals surface area contributed by atoms with Crippen LogP contribution in [0.25, 0.3) is 0 Å². The molecule has 2 aromatic carbocycles. The number of ether oxygens (including phenoxy) is 1. The van der Waals surface area contributed by atoms with Gasteiger partial charge in [-0.05, 0) is 49.6 Å². The summed E-state index contributed by atoms with van der Waals surface area (Å²) in [5.74, 6) is 1.38. The van der Waals surface area contributed by atoms with Gasteiger partial charge in [-0.3, -0.25) is 4.79 Å². The summed E-state index contributed by atoms with van der Waals surface area (Å²) in [5, 5.41) is 0. The number of hydrogen-bond donors (Lipinski definition) is 0. The van der Waals surface area contributed by atoms with Gasteiger partial charge in [-0.25, -0.2) is 4.98 Å². The highest BCUT2D eigenvalue weighted by Gasteiger charge is 2.31. The molecule has 0 bridgehead atoms. The molecule has 1 amide bonds. The van der Waals surface area contributed by atoms with Crippen molar-refractivity contribution in [2.24, 2.45) is 0 Å². The molecule has 0 saturated carbocycles. The number of benzene rings is 2. The van der Waals surface area contributed by atoms with Gasteiger partial charge in [0.15, 0.2) is 0 Å². The van der Waals surface area contributed by atoms with Crippen LogP contribution >= 0.6 is 0 Å². The van der Waals surface area contributed by atoms with Gasteiger partial charge in [0.1, 0.15) is 5.75 Å². The Kier molecular flexibility index (Phi) is 5.15. The molecule has 1 saturated heterocycles. The number of pyridine rings is 1. The highest BCUT2D eigenvalue weighted by Crippen LogP contribution is 2.37. The summed E-state index contributed by atoms with van der Waals surface area (Å²) in [6.45, 7) is 0.748. The lowest BCUT2D eigenvalue weighted by molar-refractivity contribution is 0.0608. The predicted octanol–water partition coefficient (Wildman–Crippen LogP) is 5.24. The van der Waals surface area contributed by atoms with Crippen LogP contribution in [0, 0.1) is 0 Å². The average molecular weight is 358 g/mol. The van der Waals surface area contributed by atoms with E-state index in [0.717, 1.165) is 42.7 Å². The zero-order chi connectivity index (χ0) is 18.5. The van der Waals surface area contributed by atoms with Gasteiger partial charge in [0, 0.05) is 23.9 Å². The van der Waals surface area contributed by atoms with E-state index in [1.807, 2.05) is 77.7 Å². The molecule has 136 valence electrons. The van der Waals surface area contributed by atoms with Crippen molar-refractivity contribution in [1.29, 1.82) is 0 Å². The molecule has 4 rings (SSSR count). The molecule has 0 N–H and O–H groups in total. The van der Waals surface area contributed by atoms with E-state index in [1.54, 1.807) is 6.20 Å². The van der Waals surface area contributed by atoms with Crippen molar-refractivity contribution < 1.29 is 9.53 Å². The lowest BCUT2D eigenvalue weighted by Crippen LogP contribution is -2.38. The van der Waals surface area contributed by atoms with Gasteiger partial charge in [-0.2, -0.15) is 0 Å². The van der Waals surface area contributed by atoms with Crippen molar-refractivity contribution in [2.75, 3.05) is 6.54 Å². The van der Waals surface area contributed by atoms with Crippen molar-refractivity contribution in [3.8, 4) is 11.6 Å². The minimum absolute atomic E-state index is 0.0288. The molecule has 4 heteroatoms. The Bertz CT molecular complexity index is 897. The molecule has 0 radical (unpaired) electrons. The molecule has 1 fully saturated rings. The van der Waals surface area contributed by atoms with Crippen molar-refractivity contribution in [2.45, 2.75) is 25.3 Å². The first-order valence-corrected chi connectivity index (χ1v) is 9.37. The largest absolute Gasteiger partial charge is 0.439 e. The molecule has 0 spiro atoms. The van der Waals surface area contributed by atoms with E-state index in [-0.39, 0.29) is 11.9 Å². The fraction of sp³-hybridized carbons (Fsp3) is 0.217. The molecule has 4 nitrogen and oxygen atoms in total. The van der Waals surface area contributed by atoms with Crippen LogP contribution in [0.1, 0.15) is 41.2 Å². The van der Waals surface area contributed by atoms with Crippen LogP contribution < -0.4 is 4.74 Å². The quantitative estimate of drug-likeness (QED) is 0.640. The Morgan fingerprint density at radius 3 is 2.44 bits per heavy atom. The second-order valence-electron chi connectivity index (χ2n) is 6.69. The van der Waals surface area contributed by atoms with Crippen molar-refractivity contribution in [3.05, 3.63) is 90.1 Å². The standard InChI is InChI=1S/C23H22N2O2/c26-23(18-10-3-1-4-11-18)25-17-8-7-15-21(25)20-14-9-16-24-22(20)27-19-12-5-2-6-13-19/h1-6,9-14,16,21H,7-8,15,17H2/t21-/m1/s1. The number of likely N-dealkylation sites (tertiary alicyclic amines) is 1. The van der Waals surface area contributed by atoms with Crippen LogP contribution in [0.5, 0.6) is 11.6 Å². The number of aromatic nitrogens is 1. The SMILES string of the molecule is O=C(c1ccccc1)N1CCCC[C@@H]1c1cccnc1Oc1ccccc1. The molecule has 0 unspecified atom stereocenters. The highest BCUT2D eigenvalue weighted by atomic mass is 16.5. The van der Waals surface area contributed by atoms with E-state index in [1.165, 1.54) is 0 Å². The molecular weight excluding hydrogens is 336 g/mol. The lowest BCUT2D eigenvalue weighted by Gasteiger charge is -2.36. The fourth-order valence-corrected chi connectivity index (χ4v) is 3.59. The van der Waals surface area contributed by atoms with Gasteiger partial charge >= 0.3 is 0 Å². The molecule has 1 atom stereocenters. The molecule has 1 aromatic heterocycles. The minimum Gasteiger partial charge on any atom is -0.439 e. The third-order valence-corrected chi connectivity index (χ3v) is 4.90. The first-order chi connectivity index (χ1) is 13.3. The van der Waals surface area contributed by atoms with Crippen LogP contribution in [0.3, 0.4) is 0 Å². The maximum atomic E-state index is 13.1. The Morgan fingerprint density at radius 1 is 0.926 bits per heavy atom. The summed E-state index contributed by atoms with van der Waals surface area (Å²) in [7, 11) is 0. The first kappa shape index (κ1) is 17.3. The smallest absolute Gasteiger partial charge is 0.254 e. The highest BCUT2D eigenvalue weighted by molar-refractivity contribution is 5.94. The number of nitrogens with zero attached hydrogens (tertiary/aromatic N) is 2. The minimum atomic E-state index is -0.0288. The monoisotopic (exact) mass is 358 g/mol. The number of carbonyl (C=O) groups excluding carboxylic acids is 1. The van der Waals surface area contributed by atoms with Crippen molar-refractivity contribution in [1.82, 2.24) is 9.88 Å². The molecule has 1 aliphatic rings. The third kappa shape index (κ3) is 3.85. The summed E-state index contributed by atoms with van der Waals surface area (Å²) >= 11 is 0. The number of amides is 1. The van der Waals surface area contributed by atoms with Crippen molar-refractivity contribution >= 4 is 5.91 Å². The predicted molar refractivity (Wildman–Crippen MR) is 105 cm³/mol. The molecule has 2 heterocycles. The Morgan fingerprint density at radius 2 is 1.67 bits per heavy atom. The lowest BCUT2D eigenvalue weighted by atomic mass is 9.95. The molecule has 1 aliphatic heterocycles. The summed E-state index contributed by atoms with van der Waals surface area (Å²) in [6.07, 6.45) is 4.75. The Hall–Kier alpha value is -3.14. The maximum absolute atomic E-state index is 13.1. The summed E-state index contributed by atoms with van der Waals surface area (Å²) in [6, 6.07) is 23.0. The van der Waals surface area contributed by atoms with Crippen LogP contribution in [0.15, 0.2) is 79.0 Å². The molecular formula is C23H22N2O2. The van der Waals surface area contributed by atoms with E-state index in [4.69, 9.17) is 4.74 Å².